The molecule has 152 valence electrons. The molecule has 2 fully saturated rings. The van der Waals surface area contributed by atoms with Gasteiger partial charge in [-0.3, -0.25) is 9.69 Å². The summed E-state index contributed by atoms with van der Waals surface area (Å²) in [5.41, 5.74) is 2.89. The number of nitrogens with one attached hydrogen (secondary N) is 1. The maximum absolute atomic E-state index is 12.3. The molecule has 1 aromatic rings. The van der Waals surface area contributed by atoms with E-state index in [-0.39, 0.29) is 5.91 Å². The molecule has 4 heteroatoms. The molecule has 2 atom stereocenters. The van der Waals surface area contributed by atoms with E-state index in [0.29, 0.717) is 17.9 Å². The highest BCUT2D eigenvalue weighted by atomic mass is 16.5. The first-order valence-corrected chi connectivity index (χ1v) is 11.1. The highest BCUT2D eigenvalue weighted by Crippen LogP contribution is 2.39. The molecule has 4 nitrogen and oxygen atoms in total. The molecule has 1 N–H and O–H groups in total. The van der Waals surface area contributed by atoms with Crippen molar-refractivity contribution >= 4 is 5.91 Å². The van der Waals surface area contributed by atoms with E-state index in [0.717, 1.165) is 38.2 Å². The van der Waals surface area contributed by atoms with Crippen LogP contribution in [0.5, 0.6) is 5.75 Å². The van der Waals surface area contributed by atoms with E-state index < -0.39 is 0 Å². The molecule has 1 saturated heterocycles. The van der Waals surface area contributed by atoms with Crippen LogP contribution in [-0.4, -0.2) is 37.6 Å². The Balaban J connectivity index is 1.31. The van der Waals surface area contributed by atoms with Gasteiger partial charge in [0.25, 0.3) is 0 Å². The summed E-state index contributed by atoms with van der Waals surface area (Å²) in [6.07, 6.45) is 13.8. The van der Waals surface area contributed by atoms with Crippen molar-refractivity contribution in [1.82, 2.24) is 10.2 Å². The summed E-state index contributed by atoms with van der Waals surface area (Å²) in [5.74, 6) is 2.21. The van der Waals surface area contributed by atoms with Crippen molar-refractivity contribution in [2.75, 3.05) is 26.7 Å². The van der Waals surface area contributed by atoms with Crippen LogP contribution in [0.1, 0.15) is 62.1 Å². The number of hydrogen-bond donors (Lipinski definition) is 1. The SMILES string of the molecule is COc1ccc2c(c1)CCN1CCC(CNC(=O)/C=C/C3CCCCC3)CC21. The molecular weight excluding hydrogens is 348 g/mol. The van der Waals surface area contributed by atoms with Gasteiger partial charge in [0.05, 0.1) is 7.11 Å². The maximum atomic E-state index is 12.3. The number of nitrogens with zero attached hydrogens (tertiary/aromatic N) is 1. The third-order valence-electron chi connectivity index (χ3n) is 6.93. The number of amides is 1. The molecule has 4 rings (SSSR count). The zero-order valence-corrected chi connectivity index (χ0v) is 17.2. The number of fused-ring (bicyclic) bond motifs is 3. The van der Waals surface area contributed by atoms with E-state index in [4.69, 9.17) is 4.74 Å². The van der Waals surface area contributed by atoms with Gasteiger partial charge in [-0.25, -0.2) is 0 Å². The summed E-state index contributed by atoms with van der Waals surface area (Å²) in [4.78, 5) is 14.9. The van der Waals surface area contributed by atoms with Crippen molar-refractivity contribution in [2.45, 2.75) is 57.4 Å². The number of methoxy groups -OCH3 is 1. The quantitative estimate of drug-likeness (QED) is 0.774. The van der Waals surface area contributed by atoms with Crippen LogP contribution in [0.25, 0.3) is 0 Å². The Kier molecular flexibility index (Phi) is 6.36. The summed E-state index contributed by atoms with van der Waals surface area (Å²) >= 11 is 0. The van der Waals surface area contributed by atoms with Crippen LogP contribution < -0.4 is 10.1 Å². The van der Waals surface area contributed by atoms with Crippen molar-refractivity contribution in [3.8, 4) is 5.75 Å². The summed E-state index contributed by atoms with van der Waals surface area (Å²) in [6, 6.07) is 7.03. The lowest BCUT2D eigenvalue weighted by atomic mass is 9.82. The predicted octanol–water partition coefficient (Wildman–Crippen LogP) is 4.26. The number of rotatable bonds is 5. The Morgan fingerprint density at radius 1 is 1.21 bits per heavy atom. The molecule has 2 heterocycles. The first-order chi connectivity index (χ1) is 13.7. The Morgan fingerprint density at radius 2 is 2.07 bits per heavy atom. The van der Waals surface area contributed by atoms with E-state index >= 15 is 0 Å². The molecule has 0 bridgehead atoms. The van der Waals surface area contributed by atoms with Gasteiger partial charge in [0.2, 0.25) is 5.91 Å². The normalized spacial score (nSPS) is 25.9. The maximum Gasteiger partial charge on any atom is 0.243 e. The molecule has 0 spiro atoms. The second-order valence-electron chi connectivity index (χ2n) is 8.76. The van der Waals surface area contributed by atoms with Gasteiger partial charge in [-0.15, -0.1) is 0 Å². The Hall–Kier alpha value is -1.81. The minimum absolute atomic E-state index is 0.0850. The number of benzene rings is 1. The standard InChI is InChI=1S/C24H34N2O2/c1-28-21-8-9-22-20(16-21)12-14-26-13-11-19(15-23(22)26)17-25-24(27)10-7-18-5-3-2-4-6-18/h7-10,16,18-19,23H,2-6,11-15,17H2,1H3,(H,25,27)/b10-7+. The number of carbonyl (C=O) groups excluding carboxylic acids is 1. The molecule has 2 aliphatic heterocycles. The second-order valence-corrected chi connectivity index (χ2v) is 8.76. The lowest BCUT2D eigenvalue weighted by Gasteiger charge is -2.43. The van der Waals surface area contributed by atoms with E-state index in [1.807, 2.05) is 0 Å². The number of hydrogen-bond acceptors (Lipinski definition) is 3. The number of piperidine rings is 1. The molecule has 1 amide bonds. The fourth-order valence-electron chi connectivity index (χ4n) is 5.23. The van der Waals surface area contributed by atoms with Gasteiger partial charge in [-0.2, -0.15) is 0 Å². The van der Waals surface area contributed by atoms with Crippen LogP contribution in [0.4, 0.5) is 0 Å². The summed E-state index contributed by atoms with van der Waals surface area (Å²) in [6.45, 7) is 3.06. The number of carbonyl (C=O) groups is 1. The van der Waals surface area contributed by atoms with Crippen LogP contribution in [-0.2, 0) is 11.2 Å². The average Bonchev–Trinajstić information content (AvgIpc) is 2.76. The van der Waals surface area contributed by atoms with Gasteiger partial charge in [-0.1, -0.05) is 31.4 Å². The van der Waals surface area contributed by atoms with Gasteiger partial charge < -0.3 is 10.1 Å². The van der Waals surface area contributed by atoms with Crippen LogP contribution >= 0.6 is 0 Å². The number of allylic oxidation sites excluding steroid dienone is 1. The smallest absolute Gasteiger partial charge is 0.243 e. The van der Waals surface area contributed by atoms with Crippen LogP contribution in [0, 0.1) is 11.8 Å². The largest absolute Gasteiger partial charge is 0.497 e. The summed E-state index contributed by atoms with van der Waals surface area (Å²) < 4.78 is 5.40. The third kappa shape index (κ3) is 4.60. The second kappa shape index (κ2) is 9.13. The molecule has 2 unspecified atom stereocenters. The average molecular weight is 383 g/mol. The molecular formula is C24H34N2O2. The Morgan fingerprint density at radius 3 is 2.89 bits per heavy atom. The first kappa shape index (κ1) is 19.5. The van der Waals surface area contributed by atoms with Gasteiger partial charge in [-0.05, 0) is 79.8 Å². The van der Waals surface area contributed by atoms with Crippen molar-refractivity contribution < 1.29 is 9.53 Å². The predicted molar refractivity (Wildman–Crippen MR) is 112 cm³/mol. The topological polar surface area (TPSA) is 41.6 Å². The Bertz CT molecular complexity index is 709. The van der Waals surface area contributed by atoms with Crippen molar-refractivity contribution in [1.29, 1.82) is 0 Å². The fraction of sp³-hybridized carbons (Fsp3) is 0.625. The third-order valence-corrected chi connectivity index (χ3v) is 6.93. The molecule has 3 aliphatic rings. The van der Waals surface area contributed by atoms with Gasteiger partial charge in [0.15, 0.2) is 0 Å². The van der Waals surface area contributed by atoms with Crippen molar-refractivity contribution in [3.63, 3.8) is 0 Å². The lowest BCUT2D eigenvalue weighted by molar-refractivity contribution is -0.116. The van der Waals surface area contributed by atoms with E-state index in [2.05, 4.69) is 34.5 Å². The molecule has 1 aromatic carbocycles. The minimum Gasteiger partial charge on any atom is -0.497 e. The molecule has 0 radical (unpaired) electrons. The van der Waals surface area contributed by atoms with Crippen LogP contribution in [0.15, 0.2) is 30.4 Å². The van der Waals surface area contributed by atoms with Gasteiger partial charge >= 0.3 is 0 Å². The first-order valence-electron chi connectivity index (χ1n) is 11.1. The monoisotopic (exact) mass is 382 g/mol. The van der Waals surface area contributed by atoms with E-state index in [9.17, 15) is 4.79 Å². The van der Waals surface area contributed by atoms with Crippen molar-refractivity contribution in [3.05, 3.63) is 41.5 Å². The summed E-state index contributed by atoms with van der Waals surface area (Å²) in [7, 11) is 1.74. The lowest BCUT2D eigenvalue weighted by Crippen LogP contribution is -2.43. The molecule has 0 aromatic heterocycles. The Labute approximate surface area is 169 Å². The van der Waals surface area contributed by atoms with Gasteiger partial charge in [0.1, 0.15) is 5.75 Å². The molecule has 28 heavy (non-hydrogen) atoms. The molecule has 1 aliphatic carbocycles. The molecule has 1 saturated carbocycles. The van der Waals surface area contributed by atoms with Crippen molar-refractivity contribution in [2.24, 2.45) is 11.8 Å². The van der Waals surface area contributed by atoms with E-state index in [1.54, 1.807) is 13.2 Å². The van der Waals surface area contributed by atoms with Crippen LogP contribution in [0.2, 0.25) is 0 Å². The minimum atomic E-state index is 0.0850. The fourth-order valence-corrected chi connectivity index (χ4v) is 5.23. The number of ether oxygens (including phenoxy) is 1. The summed E-state index contributed by atoms with van der Waals surface area (Å²) in [5, 5.41) is 3.17. The van der Waals surface area contributed by atoms with Crippen LogP contribution in [0.3, 0.4) is 0 Å². The highest BCUT2D eigenvalue weighted by Gasteiger charge is 2.33. The van der Waals surface area contributed by atoms with Gasteiger partial charge in [0, 0.05) is 19.1 Å². The zero-order chi connectivity index (χ0) is 19.3. The van der Waals surface area contributed by atoms with E-state index in [1.165, 1.54) is 49.7 Å². The zero-order valence-electron chi connectivity index (χ0n) is 17.2. The highest BCUT2D eigenvalue weighted by molar-refractivity contribution is 5.87.